The summed E-state index contributed by atoms with van der Waals surface area (Å²) in [7, 11) is 0. The Balaban J connectivity index is 1.84. The van der Waals surface area contributed by atoms with Gasteiger partial charge in [0.2, 0.25) is 0 Å². The number of aryl methyl sites for hydroxylation is 2. The van der Waals surface area contributed by atoms with Crippen molar-refractivity contribution in [2.75, 3.05) is 13.1 Å². The third-order valence-corrected chi connectivity index (χ3v) is 6.50. The zero-order chi connectivity index (χ0) is 18.3. The van der Waals surface area contributed by atoms with Gasteiger partial charge in [0.05, 0.1) is 18.5 Å². The summed E-state index contributed by atoms with van der Waals surface area (Å²) in [6, 6.07) is 7.71. The van der Waals surface area contributed by atoms with E-state index in [-0.39, 0.29) is 5.56 Å². The molecule has 1 fully saturated rings. The van der Waals surface area contributed by atoms with Crippen LogP contribution < -0.4 is 5.56 Å². The van der Waals surface area contributed by atoms with E-state index in [1.807, 2.05) is 35.8 Å². The van der Waals surface area contributed by atoms with Crippen LogP contribution in [0.1, 0.15) is 34.7 Å². The zero-order valence-corrected chi connectivity index (χ0v) is 16.7. The van der Waals surface area contributed by atoms with Crippen molar-refractivity contribution >= 4 is 33.2 Å². The molecular formula is C20H22ClN3OS. The summed E-state index contributed by atoms with van der Waals surface area (Å²) in [5.74, 6) is 0.852. The van der Waals surface area contributed by atoms with Gasteiger partial charge < -0.3 is 0 Å². The lowest BCUT2D eigenvalue weighted by molar-refractivity contribution is 0.315. The zero-order valence-electron chi connectivity index (χ0n) is 15.1. The van der Waals surface area contributed by atoms with Crippen LogP contribution in [0.3, 0.4) is 0 Å². The molecule has 0 unspecified atom stereocenters. The lowest BCUT2D eigenvalue weighted by Gasteiger charge is -2.18. The van der Waals surface area contributed by atoms with Crippen LogP contribution in [0, 0.1) is 13.8 Å². The smallest absolute Gasteiger partial charge is 0.262 e. The van der Waals surface area contributed by atoms with Gasteiger partial charge in [0.1, 0.15) is 10.7 Å². The second-order valence-electron chi connectivity index (χ2n) is 7.00. The largest absolute Gasteiger partial charge is 0.296 e. The van der Waals surface area contributed by atoms with Gasteiger partial charge in [0, 0.05) is 9.90 Å². The van der Waals surface area contributed by atoms with Gasteiger partial charge in [-0.2, -0.15) is 0 Å². The molecule has 1 saturated heterocycles. The SMILES string of the molecule is Cc1sc2nc(CN3CCCC3)n(Cc3cccc(Cl)c3)c(=O)c2c1C. The van der Waals surface area contributed by atoms with Crippen molar-refractivity contribution in [3.05, 3.63) is 61.5 Å². The predicted octanol–water partition coefficient (Wildman–Crippen LogP) is 4.37. The van der Waals surface area contributed by atoms with Gasteiger partial charge in [-0.05, 0) is 63.0 Å². The monoisotopic (exact) mass is 387 g/mol. The van der Waals surface area contributed by atoms with E-state index in [2.05, 4.69) is 11.8 Å². The highest BCUT2D eigenvalue weighted by Gasteiger charge is 2.20. The molecule has 26 heavy (non-hydrogen) atoms. The van der Waals surface area contributed by atoms with Crippen LogP contribution in [0.5, 0.6) is 0 Å². The van der Waals surface area contributed by atoms with Gasteiger partial charge in [-0.1, -0.05) is 23.7 Å². The van der Waals surface area contributed by atoms with E-state index in [0.29, 0.717) is 11.6 Å². The Morgan fingerprint density at radius 3 is 2.69 bits per heavy atom. The predicted molar refractivity (Wildman–Crippen MR) is 108 cm³/mol. The minimum absolute atomic E-state index is 0.0611. The Morgan fingerprint density at radius 2 is 1.96 bits per heavy atom. The van der Waals surface area contributed by atoms with E-state index >= 15 is 0 Å². The third-order valence-electron chi connectivity index (χ3n) is 5.16. The minimum atomic E-state index is 0.0611. The average molecular weight is 388 g/mol. The molecular weight excluding hydrogens is 366 g/mol. The highest BCUT2D eigenvalue weighted by Crippen LogP contribution is 2.27. The first-order valence-electron chi connectivity index (χ1n) is 8.99. The van der Waals surface area contributed by atoms with Crippen LogP contribution in [-0.2, 0) is 13.1 Å². The number of nitrogens with zero attached hydrogens (tertiary/aromatic N) is 3. The summed E-state index contributed by atoms with van der Waals surface area (Å²) in [4.78, 5) is 22.6. The van der Waals surface area contributed by atoms with E-state index in [1.165, 1.54) is 12.8 Å². The molecule has 0 N–H and O–H groups in total. The Hall–Kier alpha value is -1.69. The number of thiophene rings is 1. The van der Waals surface area contributed by atoms with Gasteiger partial charge in [0.25, 0.3) is 5.56 Å². The number of benzene rings is 1. The average Bonchev–Trinajstić information content (AvgIpc) is 3.20. The molecule has 3 heterocycles. The van der Waals surface area contributed by atoms with Gasteiger partial charge in [-0.3, -0.25) is 14.3 Å². The van der Waals surface area contributed by atoms with Crippen molar-refractivity contribution < 1.29 is 0 Å². The van der Waals surface area contributed by atoms with Crippen LogP contribution >= 0.6 is 22.9 Å². The lowest BCUT2D eigenvalue weighted by atomic mass is 10.2. The molecule has 1 aromatic carbocycles. The quantitative estimate of drug-likeness (QED) is 0.667. The first-order chi connectivity index (χ1) is 12.5. The van der Waals surface area contributed by atoms with E-state index in [4.69, 9.17) is 16.6 Å². The van der Waals surface area contributed by atoms with Crippen molar-refractivity contribution in [2.24, 2.45) is 0 Å². The fourth-order valence-electron chi connectivity index (χ4n) is 3.61. The highest BCUT2D eigenvalue weighted by atomic mass is 35.5. The van der Waals surface area contributed by atoms with Crippen molar-refractivity contribution in [1.82, 2.24) is 14.5 Å². The Morgan fingerprint density at radius 1 is 1.19 bits per heavy atom. The summed E-state index contributed by atoms with van der Waals surface area (Å²) >= 11 is 7.76. The fraction of sp³-hybridized carbons (Fsp3) is 0.400. The molecule has 0 aliphatic carbocycles. The molecule has 0 saturated carbocycles. The molecule has 0 atom stereocenters. The summed E-state index contributed by atoms with van der Waals surface area (Å²) in [6.45, 7) is 7.45. The van der Waals surface area contributed by atoms with Gasteiger partial charge in [0.15, 0.2) is 0 Å². The number of hydrogen-bond donors (Lipinski definition) is 0. The molecule has 0 spiro atoms. The summed E-state index contributed by atoms with van der Waals surface area (Å²) in [6.07, 6.45) is 2.44. The van der Waals surface area contributed by atoms with Crippen LogP contribution in [0.4, 0.5) is 0 Å². The summed E-state index contributed by atoms with van der Waals surface area (Å²) in [5.41, 5.74) is 2.13. The lowest BCUT2D eigenvalue weighted by Crippen LogP contribution is -2.30. The van der Waals surface area contributed by atoms with Crippen molar-refractivity contribution in [1.29, 1.82) is 0 Å². The molecule has 2 aromatic heterocycles. The second kappa shape index (κ2) is 7.14. The number of halogens is 1. The molecule has 6 heteroatoms. The standard InChI is InChI=1S/C20H22ClN3OS/c1-13-14(2)26-19-18(13)20(25)24(11-15-6-5-7-16(21)10-15)17(22-19)12-23-8-3-4-9-23/h5-7,10H,3-4,8-9,11-12H2,1-2H3. The Kier molecular flexibility index (Phi) is 4.86. The highest BCUT2D eigenvalue weighted by molar-refractivity contribution is 7.18. The summed E-state index contributed by atoms with van der Waals surface area (Å²) in [5, 5.41) is 1.45. The van der Waals surface area contributed by atoms with Crippen molar-refractivity contribution in [3.8, 4) is 0 Å². The molecule has 0 amide bonds. The second-order valence-corrected chi connectivity index (χ2v) is 8.64. The molecule has 0 radical (unpaired) electrons. The van der Waals surface area contributed by atoms with Crippen LogP contribution in [0.2, 0.25) is 5.02 Å². The number of hydrogen-bond acceptors (Lipinski definition) is 4. The molecule has 1 aliphatic heterocycles. The topological polar surface area (TPSA) is 38.1 Å². The maximum absolute atomic E-state index is 13.3. The molecule has 4 rings (SSSR count). The molecule has 136 valence electrons. The third kappa shape index (κ3) is 3.31. The van der Waals surface area contributed by atoms with Crippen LogP contribution in [-0.4, -0.2) is 27.5 Å². The first kappa shape index (κ1) is 17.7. The Bertz CT molecular complexity index is 1020. The first-order valence-corrected chi connectivity index (χ1v) is 10.2. The maximum atomic E-state index is 13.3. The number of aromatic nitrogens is 2. The van der Waals surface area contributed by atoms with E-state index in [1.54, 1.807) is 11.3 Å². The van der Waals surface area contributed by atoms with Crippen LogP contribution in [0.15, 0.2) is 29.1 Å². The van der Waals surface area contributed by atoms with Crippen molar-refractivity contribution in [3.63, 3.8) is 0 Å². The normalized spacial score (nSPS) is 15.2. The Labute approximate surface area is 162 Å². The van der Waals surface area contributed by atoms with E-state index in [9.17, 15) is 4.79 Å². The van der Waals surface area contributed by atoms with E-state index in [0.717, 1.165) is 51.7 Å². The maximum Gasteiger partial charge on any atom is 0.262 e. The molecule has 0 bridgehead atoms. The van der Waals surface area contributed by atoms with Gasteiger partial charge >= 0.3 is 0 Å². The molecule has 1 aliphatic rings. The fourth-order valence-corrected chi connectivity index (χ4v) is 4.86. The van der Waals surface area contributed by atoms with Gasteiger partial charge in [-0.25, -0.2) is 4.98 Å². The number of likely N-dealkylation sites (tertiary alicyclic amines) is 1. The number of fused-ring (bicyclic) bond motifs is 1. The van der Waals surface area contributed by atoms with E-state index < -0.39 is 0 Å². The van der Waals surface area contributed by atoms with Crippen LogP contribution in [0.25, 0.3) is 10.2 Å². The van der Waals surface area contributed by atoms with Gasteiger partial charge in [-0.15, -0.1) is 11.3 Å². The van der Waals surface area contributed by atoms with Crippen molar-refractivity contribution in [2.45, 2.75) is 39.8 Å². The summed E-state index contributed by atoms with van der Waals surface area (Å²) < 4.78 is 1.84. The molecule has 4 nitrogen and oxygen atoms in total. The number of rotatable bonds is 4. The molecule has 3 aromatic rings. The minimum Gasteiger partial charge on any atom is -0.296 e.